The maximum absolute atomic E-state index is 12.0. The summed E-state index contributed by atoms with van der Waals surface area (Å²) in [7, 11) is 0. The van der Waals surface area contributed by atoms with Crippen molar-refractivity contribution in [3.05, 3.63) is 0 Å². The normalized spacial score (nSPS) is 46.6. The first-order valence-electron chi connectivity index (χ1n) is 6.84. The molecule has 3 fully saturated rings. The molecule has 0 amide bonds. The highest BCUT2D eigenvalue weighted by atomic mass is 16.7. The van der Waals surface area contributed by atoms with E-state index in [0.29, 0.717) is 19.6 Å². The van der Waals surface area contributed by atoms with E-state index in [0.717, 1.165) is 25.7 Å². The van der Waals surface area contributed by atoms with Gasteiger partial charge in [0.15, 0.2) is 11.9 Å². The lowest BCUT2D eigenvalue weighted by atomic mass is 9.77. The van der Waals surface area contributed by atoms with Crippen LogP contribution in [0.5, 0.6) is 0 Å². The van der Waals surface area contributed by atoms with Gasteiger partial charge in [0.1, 0.15) is 5.60 Å². The van der Waals surface area contributed by atoms with Crippen LogP contribution in [0.2, 0.25) is 0 Å². The van der Waals surface area contributed by atoms with Crippen LogP contribution in [0.3, 0.4) is 0 Å². The molecule has 2 saturated heterocycles. The van der Waals surface area contributed by atoms with Crippen LogP contribution in [-0.4, -0.2) is 41.8 Å². The molecule has 102 valence electrons. The van der Waals surface area contributed by atoms with Crippen molar-refractivity contribution in [3.63, 3.8) is 0 Å². The minimum absolute atomic E-state index is 0.0715. The fourth-order valence-electron chi connectivity index (χ4n) is 3.84. The summed E-state index contributed by atoms with van der Waals surface area (Å²) in [6, 6.07) is 0. The first-order valence-corrected chi connectivity index (χ1v) is 6.84. The Labute approximate surface area is 106 Å². The molecule has 0 aromatic heterocycles. The topological polar surface area (TPSA) is 65.0 Å². The van der Waals surface area contributed by atoms with Gasteiger partial charge in [0.05, 0.1) is 6.61 Å². The lowest BCUT2D eigenvalue weighted by Crippen LogP contribution is -2.54. The molecule has 0 aromatic carbocycles. The molecule has 18 heavy (non-hydrogen) atoms. The van der Waals surface area contributed by atoms with Gasteiger partial charge < -0.3 is 19.3 Å². The molecule has 1 spiro atoms. The van der Waals surface area contributed by atoms with E-state index >= 15 is 0 Å². The predicted molar refractivity (Wildman–Crippen MR) is 61.7 cm³/mol. The van der Waals surface area contributed by atoms with Crippen LogP contribution in [0.15, 0.2) is 0 Å². The molecule has 3 rings (SSSR count). The Kier molecular flexibility index (Phi) is 2.88. The molecule has 5 heteroatoms. The third-order valence-electron chi connectivity index (χ3n) is 4.55. The van der Waals surface area contributed by atoms with Crippen molar-refractivity contribution in [2.75, 3.05) is 13.2 Å². The molecule has 1 N–H and O–H groups in total. The van der Waals surface area contributed by atoms with Crippen LogP contribution in [0.4, 0.5) is 0 Å². The van der Waals surface area contributed by atoms with Crippen molar-refractivity contribution >= 4 is 5.97 Å². The zero-order valence-electron chi connectivity index (χ0n) is 10.7. The molecular formula is C13H20O5. The highest BCUT2D eigenvalue weighted by molar-refractivity contribution is 5.76. The van der Waals surface area contributed by atoms with Crippen molar-refractivity contribution < 1.29 is 24.1 Å². The summed E-state index contributed by atoms with van der Waals surface area (Å²) in [5.74, 6) is -1.73. The molecule has 1 unspecified atom stereocenters. The Hall–Kier alpha value is -0.650. The summed E-state index contributed by atoms with van der Waals surface area (Å²) < 4.78 is 16.6. The minimum Gasteiger partial charge on any atom is -0.464 e. The molecule has 4 atom stereocenters. The van der Waals surface area contributed by atoms with Crippen LogP contribution in [0.25, 0.3) is 0 Å². The van der Waals surface area contributed by atoms with Gasteiger partial charge in [0, 0.05) is 18.9 Å². The Morgan fingerprint density at radius 3 is 3.06 bits per heavy atom. The standard InChI is InChI=1S/C13H20O5/c1-2-16-11(14)10-9-5-3-8-17-12(9)6-4-7-13(12,15)18-10/h9-10,15H,2-8H2,1H3/t9-,10?,12-,13+/m1/s1. The van der Waals surface area contributed by atoms with Gasteiger partial charge in [0.2, 0.25) is 0 Å². The second-order valence-electron chi connectivity index (χ2n) is 5.42. The second kappa shape index (κ2) is 4.18. The number of hydrogen-bond acceptors (Lipinski definition) is 5. The van der Waals surface area contributed by atoms with Crippen LogP contribution in [0.1, 0.15) is 39.0 Å². The minimum atomic E-state index is -1.30. The van der Waals surface area contributed by atoms with E-state index in [9.17, 15) is 9.90 Å². The summed E-state index contributed by atoms with van der Waals surface area (Å²) >= 11 is 0. The lowest BCUT2D eigenvalue weighted by Gasteiger charge is -2.41. The SMILES string of the molecule is CCOC(=O)C1O[C@@]2(O)CCC[C@]23OCCC[C@H]13. The molecule has 3 aliphatic rings. The van der Waals surface area contributed by atoms with Crippen LogP contribution in [0, 0.1) is 5.92 Å². The van der Waals surface area contributed by atoms with Gasteiger partial charge in [0.25, 0.3) is 0 Å². The third kappa shape index (κ3) is 1.47. The monoisotopic (exact) mass is 256 g/mol. The van der Waals surface area contributed by atoms with Gasteiger partial charge in [-0.1, -0.05) is 0 Å². The molecular weight excluding hydrogens is 236 g/mol. The molecule has 5 nitrogen and oxygen atoms in total. The summed E-state index contributed by atoms with van der Waals surface area (Å²) in [5.41, 5.74) is -0.678. The van der Waals surface area contributed by atoms with Crippen molar-refractivity contribution in [2.45, 2.75) is 56.5 Å². The Morgan fingerprint density at radius 2 is 2.28 bits per heavy atom. The highest BCUT2D eigenvalue weighted by Crippen LogP contribution is 2.57. The first kappa shape index (κ1) is 12.4. The molecule has 1 aliphatic carbocycles. The average Bonchev–Trinajstić information content (AvgIpc) is 2.77. The summed E-state index contributed by atoms with van der Waals surface area (Å²) in [6.45, 7) is 2.74. The Balaban J connectivity index is 1.90. The van der Waals surface area contributed by atoms with Gasteiger partial charge in [-0.2, -0.15) is 0 Å². The van der Waals surface area contributed by atoms with E-state index in [-0.39, 0.29) is 11.9 Å². The number of aliphatic hydroxyl groups is 1. The fraction of sp³-hybridized carbons (Fsp3) is 0.923. The smallest absolute Gasteiger partial charge is 0.335 e. The second-order valence-corrected chi connectivity index (χ2v) is 5.42. The zero-order valence-corrected chi connectivity index (χ0v) is 10.7. The van der Waals surface area contributed by atoms with Crippen molar-refractivity contribution in [1.29, 1.82) is 0 Å². The van der Waals surface area contributed by atoms with Crippen LogP contribution in [-0.2, 0) is 19.0 Å². The quantitative estimate of drug-likeness (QED) is 0.746. The van der Waals surface area contributed by atoms with Crippen molar-refractivity contribution in [1.82, 2.24) is 0 Å². The van der Waals surface area contributed by atoms with E-state index in [1.165, 1.54) is 0 Å². The summed E-state index contributed by atoms with van der Waals surface area (Å²) in [4.78, 5) is 12.0. The molecule has 2 aliphatic heterocycles. The van der Waals surface area contributed by atoms with Crippen molar-refractivity contribution in [3.8, 4) is 0 Å². The molecule has 0 radical (unpaired) electrons. The van der Waals surface area contributed by atoms with Gasteiger partial charge in [-0.25, -0.2) is 4.79 Å². The van der Waals surface area contributed by atoms with E-state index < -0.39 is 17.5 Å². The fourth-order valence-corrected chi connectivity index (χ4v) is 3.84. The van der Waals surface area contributed by atoms with Crippen LogP contribution >= 0.6 is 0 Å². The Bertz CT molecular complexity index is 357. The Morgan fingerprint density at radius 1 is 1.44 bits per heavy atom. The molecule has 0 bridgehead atoms. The molecule has 1 saturated carbocycles. The highest BCUT2D eigenvalue weighted by Gasteiger charge is 2.70. The summed E-state index contributed by atoms with van der Waals surface area (Å²) in [6.07, 6.45) is 3.27. The maximum atomic E-state index is 12.0. The number of ether oxygens (including phenoxy) is 3. The van der Waals surface area contributed by atoms with E-state index in [2.05, 4.69) is 0 Å². The maximum Gasteiger partial charge on any atom is 0.335 e. The average molecular weight is 256 g/mol. The van der Waals surface area contributed by atoms with Crippen LogP contribution < -0.4 is 0 Å². The van der Waals surface area contributed by atoms with E-state index in [4.69, 9.17) is 14.2 Å². The van der Waals surface area contributed by atoms with Gasteiger partial charge in [-0.3, -0.25) is 0 Å². The van der Waals surface area contributed by atoms with Gasteiger partial charge >= 0.3 is 5.97 Å². The largest absolute Gasteiger partial charge is 0.464 e. The molecule has 2 heterocycles. The summed E-state index contributed by atoms with van der Waals surface area (Å²) in [5, 5.41) is 10.6. The van der Waals surface area contributed by atoms with E-state index in [1.54, 1.807) is 6.92 Å². The first-order chi connectivity index (χ1) is 8.63. The number of carbonyl (C=O) groups excluding carboxylic acids is 1. The predicted octanol–water partition coefficient (Wildman–Crippen LogP) is 0.986. The number of rotatable bonds is 2. The number of esters is 1. The zero-order chi connectivity index (χ0) is 12.8. The van der Waals surface area contributed by atoms with Gasteiger partial charge in [-0.15, -0.1) is 0 Å². The number of carbonyl (C=O) groups is 1. The third-order valence-corrected chi connectivity index (χ3v) is 4.55. The van der Waals surface area contributed by atoms with Crippen molar-refractivity contribution in [2.24, 2.45) is 5.92 Å². The number of hydrogen-bond donors (Lipinski definition) is 1. The van der Waals surface area contributed by atoms with E-state index in [1.807, 2.05) is 0 Å². The van der Waals surface area contributed by atoms with Gasteiger partial charge in [-0.05, 0) is 32.6 Å². The molecule has 0 aromatic rings. The lowest BCUT2D eigenvalue weighted by molar-refractivity contribution is -0.268.